The highest BCUT2D eigenvalue weighted by molar-refractivity contribution is 6.17. The molecule has 1 aliphatic heterocycles. The standard InChI is InChI=1S/C13H13NO4/c1-8-9(13(17)18)4-2-5-10(8)14-11(15)6-3-7-12(14)16/h2,4-5H,3,6-7H2,1H3,(H,17,18). The van der Waals surface area contributed by atoms with Crippen LogP contribution >= 0.6 is 0 Å². The molecule has 2 amide bonds. The van der Waals surface area contributed by atoms with E-state index >= 15 is 0 Å². The lowest BCUT2D eigenvalue weighted by molar-refractivity contribution is -0.129. The van der Waals surface area contributed by atoms with Crippen molar-refractivity contribution >= 4 is 23.5 Å². The molecule has 0 aromatic heterocycles. The summed E-state index contributed by atoms with van der Waals surface area (Å²) in [5, 5.41) is 9.03. The van der Waals surface area contributed by atoms with Crippen molar-refractivity contribution in [2.45, 2.75) is 26.2 Å². The number of hydrogen-bond acceptors (Lipinski definition) is 3. The first kappa shape index (κ1) is 12.3. The summed E-state index contributed by atoms with van der Waals surface area (Å²) in [6, 6.07) is 4.60. The van der Waals surface area contributed by atoms with Gasteiger partial charge in [0.2, 0.25) is 11.8 Å². The van der Waals surface area contributed by atoms with Crippen LogP contribution in [0.25, 0.3) is 0 Å². The van der Waals surface area contributed by atoms with Crippen LogP contribution in [0.1, 0.15) is 35.2 Å². The van der Waals surface area contributed by atoms with Gasteiger partial charge in [-0.05, 0) is 31.0 Å². The topological polar surface area (TPSA) is 74.7 Å². The van der Waals surface area contributed by atoms with Crippen LogP contribution in [0.4, 0.5) is 5.69 Å². The van der Waals surface area contributed by atoms with E-state index in [0.717, 1.165) is 4.90 Å². The maximum atomic E-state index is 11.8. The number of aromatic carboxylic acids is 1. The highest BCUT2D eigenvalue weighted by atomic mass is 16.4. The lowest BCUT2D eigenvalue weighted by Crippen LogP contribution is -2.40. The Kier molecular flexibility index (Phi) is 3.14. The minimum Gasteiger partial charge on any atom is -0.478 e. The first-order chi connectivity index (χ1) is 8.52. The fourth-order valence-corrected chi connectivity index (χ4v) is 2.12. The summed E-state index contributed by atoms with van der Waals surface area (Å²) < 4.78 is 0. The van der Waals surface area contributed by atoms with E-state index < -0.39 is 5.97 Å². The van der Waals surface area contributed by atoms with E-state index in [9.17, 15) is 14.4 Å². The number of carboxylic acids is 1. The Balaban J connectivity index is 2.50. The Morgan fingerprint density at radius 3 is 2.39 bits per heavy atom. The molecule has 5 heteroatoms. The molecule has 94 valence electrons. The number of carbonyl (C=O) groups excluding carboxylic acids is 2. The molecule has 1 N–H and O–H groups in total. The summed E-state index contributed by atoms with van der Waals surface area (Å²) in [5.41, 5.74) is 0.928. The predicted octanol–water partition coefficient (Wildman–Crippen LogP) is 1.74. The Bertz CT molecular complexity index is 520. The molecule has 0 atom stereocenters. The summed E-state index contributed by atoms with van der Waals surface area (Å²) in [4.78, 5) is 35.7. The van der Waals surface area contributed by atoms with Gasteiger partial charge in [-0.1, -0.05) is 6.07 Å². The number of piperidine rings is 1. The van der Waals surface area contributed by atoms with Gasteiger partial charge in [-0.15, -0.1) is 0 Å². The summed E-state index contributed by atoms with van der Waals surface area (Å²) in [6.07, 6.45) is 1.21. The van der Waals surface area contributed by atoms with Crippen molar-refractivity contribution in [2.24, 2.45) is 0 Å². The number of nitrogens with zero attached hydrogens (tertiary/aromatic N) is 1. The maximum Gasteiger partial charge on any atom is 0.336 e. The molecule has 0 unspecified atom stereocenters. The summed E-state index contributed by atoms with van der Waals surface area (Å²) in [6.45, 7) is 1.61. The zero-order valence-electron chi connectivity index (χ0n) is 9.97. The van der Waals surface area contributed by atoms with Gasteiger partial charge in [-0.3, -0.25) is 14.5 Å². The SMILES string of the molecule is Cc1c(C(=O)O)cccc1N1C(=O)CCCC1=O. The number of amides is 2. The van der Waals surface area contributed by atoms with E-state index in [0.29, 0.717) is 30.5 Å². The van der Waals surface area contributed by atoms with Crippen molar-refractivity contribution < 1.29 is 19.5 Å². The number of rotatable bonds is 2. The molecule has 0 saturated carbocycles. The van der Waals surface area contributed by atoms with Gasteiger partial charge < -0.3 is 5.11 Å². The van der Waals surface area contributed by atoms with Crippen molar-refractivity contribution in [3.8, 4) is 0 Å². The molecule has 1 aromatic carbocycles. The Labute approximate surface area is 104 Å². The lowest BCUT2D eigenvalue weighted by atomic mass is 10.0. The van der Waals surface area contributed by atoms with Crippen molar-refractivity contribution in [1.82, 2.24) is 0 Å². The Hall–Kier alpha value is -2.17. The third kappa shape index (κ3) is 1.99. The molecule has 1 aliphatic rings. The molecular formula is C13H13NO4. The van der Waals surface area contributed by atoms with E-state index in [1.165, 1.54) is 6.07 Å². The van der Waals surface area contributed by atoms with Gasteiger partial charge in [-0.2, -0.15) is 0 Å². The molecule has 0 aliphatic carbocycles. The van der Waals surface area contributed by atoms with Gasteiger partial charge in [0.05, 0.1) is 11.3 Å². The first-order valence-corrected chi connectivity index (χ1v) is 5.71. The van der Waals surface area contributed by atoms with Gasteiger partial charge in [-0.25, -0.2) is 4.79 Å². The van der Waals surface area contributed by atoms with E-state index in [4.69, 9.17) is 5.11 Å². The molecular weight excluding hydrogens is 234 g/mol. The fraction of sp³-hybridized carbons (Fsp3) is 0.308. The number of anilines is 1. The zero-order valence-corrected chi connectivity index (χ0v) is 9.97. The number of benzene rings is 1. The molecule has 0 radical (unpaired) electrons. The highest BCUT2D eigenvalue weighted by Crippen LogP contribution is 2.27. The number of carbonyl (C=O) groups is 3. The monoisotopic (exact) mass is 247 g/mol. The van der Waals surface area contributed by atoms with Crippen molar-refractivity contribution in [1.29, 1.82) is 0 Å². The third-order valence-corrected chi connectivity index (χ3v) is 3.06. The van der Waals surface area contributed by atoms with E-state index in [1.54, 1.807) is 19.1 Å². The van der Waals surface area contributed by atoms with Crippen LogP contribution in [0.5, 0.6) is 0 Å². The van der Waals surface area contributed by atoms with Gasteiger partial charge >= 0.3 is 5.97 Å². The van der Waals surface area contributed by atoms with Crippen LogP contribution in [0.3, 0.4) is 0 Å². The quantitative estimate of drug-likeness (QED) is 0.808. The van der Waals surface area contributed by atoms with Gasteiger partial charge in [0.25, 0.3) is 0 Å². The van der Waals surface area contributed by atoms with Crippen molar-refractivity contribution in [3.05, 3.63) is 29.3 Å². The second kappa shape index (κ2) is 4.60. The predicted molar refractivity (Wildman–Crippen MR) is 64.5 cm³/mol. The smallest absolute Gasteiger partial charge is 0.336 e. The van der Waals surface area contributed by atoms with Crippen LogP contribution in [0.2, 0.25) is 0 Å². The average molecular weight is 247 g/mol. The normalized spacial score (nSPS) is 15.9. The van der Waals surface area contributed by atoms with Gasteiger partial charge in [0.15, 0.2) is 0 Å². The van der Waals surface area contributed by atoms with Crippen molar-refractivity contribution in [2.75, 3.05) is 4.90 Å². The number of carboxylic acid groups (broad SMARTS) is 1. The number of imide groups is 1. The highest BCUT2D eigenvalue weighted by Gasteiger charge is 2.29. The first-order valence-electron chi connectivity index (χ1n) is 5.71. The van der Waals surface area contributed by atoms with E-state index in [2.05, 4.69) is 0 Å². The molecule has 0 spiro atoms. The van der Waals surface area contributed by atoms with Crippen molar-refractivity contribution in [3.63, 3.8) is 0 Å². The van der Waals surface area contributed by atoms with Crippen LogP contribution in [0, 0.1) is 6.92 Å². The van der Waals surface area contributed by atoms with Crippen LogP contribution < -0.4 is 4.90 Å². The second-order valence-electron chi connectivity index (χ2n) is 4.23. The zero-order chi connectivity index (χ0) is 13.3. The Morgan fingerprint density at radius 1 is 1.22 bits per heavy atom. The average Bonchev–Trinajstić information content (AvgIpc) is 2.30. The van der Waals surface area contributed by atoms with Gasteiger partial charge in [0, 0.05) is 12.8 Å². The summed E-state index contributed by atoms with van der Waals surface area (Å²) in [7, 11) is 0. The van der Waals surface area contributed by atoms with Crippen LogP contribution in [-0.2, 0) is 9.59 Å². The molecule has 1 fully saturated rings. The van der Waals surface area contributed by atoms with Crippen LogP contribution in [0.15, 0.2) is 18.2 Å². The molecule has 2 rings (SSSR count). The summed E-state index contributed by atoms with van der Waals surface area (Å²) >= 11 is 0. The molecule has 18 heavy (non-hydrogen) atoms. The minimum absolute atomic E-state index is 0.110. The third-order valence-electron chi connectivity index (χ3n) is 3.06. The number of hydrogen-bond donors (Lipinski definition) is 1. The minimum atomic E-state index is -1.06. The molecule has 5 nitrogen and oxygen atoms in total. The molecule has 1 heterocycles. The van der Waals surface area contributed by atoms with E-state index in [-0.39, 0.29) is 17.4 Å². The molecule has 1 aromatic rings. The fourth-order valence-electron chi connectivity index (χ4n) is 2.12. The van der Waals surface area contributed by atoms with Crippen LogP contribution in [-0.4, -0.2) is 22.9 Å². The van der Waals surface area contributed by atoms with Gasteiger partial charge in [0.1, 0.15) is 0 Å². The maximum absolute atomic E-state index is 11.8. The summed E-state index contributed by atoms with van der Waals surface area (Å²) in [5.74, 6) is -1.60. The lowest BCUT2D eigenvalue weighted by Gasteiger charge is -2.26. The molecule has 0 bridgehead atoms. The largest absolute Gasteiger partial charge is 0.478 e. The van der Waals surface area contributed by atoms with E-state index in [1.807, 2.05) is 0 Å². The second-order valence-corrected chi connectivity index (χ2v) is 4.23. The Morgan fingerprint density at radius 2 is 1.83 bits per heavy atom. The molecule has 1 saturated heterocycles.